The maximum Gasteiger partial charge on any atom is 0.221 e. The Balaban J connectivity index is 2.20. The van der Waals surface area contributed by atoms with E-state index < -0.39 is 0 Å². The summed E-state index contributed by atoms with van der Waals surface area (Å²) >= 11 is 0. The van der Waals surface area contributed by atoms with Crippen LogP contribution in [-0.2, 0) is 11.3 Å². The predicted octanol–water partition coefficient (Wildman–Crippen LogP) is 0.937. The average molecular weight is 277 g/mol. The third-order valence-electron chi connectivity index (χ3n) is 2.82. The molecule has 0 fully saturated rings. The molecule has 0 aliphatic carbocycles. The average Bonchev–Trinajstić information content (AvgIpc) is 2.70. The van der Waals surface area contributed by atoms with E-state index in [2.05, 4.69) is 15.3 Å². The van der Waals surface area contributed by atoms with Gasteiger partial charge in [-0.05, 0) is 19.9 Å². The van der Waals surface area contributed by atoms with Crippen molar-refractivity contribution in [3.63, 3.8) is 0 Å². The molecule has 0 bridgehead atoms. The summed E-state index contributed by atoms with van der Waals surface area (Å²) in [4.78, 5) is 20.2. The van der Waals surface area contributed by atoms with Crippen molar-refractivity contribution >= 4 is 23.0 Å². The van der Waals surface area contributed by atoms with Gasteiger partial charge in [-0.1, -0.05) is 0 Å². The highest BCUT2D eigenvalue weighted by Gasteiger charge is 2.12. The topological polar surface area (TPSA) is 95.1 Å². The van der Waals surface area contributed by atoms with Crippen LogP contribution in [0.4, 0.5) is 5.95 Å². The highest BCUT2D eigenvalue weighted by molar-refractivity contribution is 5.77. The summed E-state index contributed by atoms with van der Waals surface area (Å²) in [6, 6.07) is 3.64. The number of rotatable bonds is 5. The summed E-state index contributed by atoms with van der Waals surface area (Å²) in [6.07, 6.45) is 0.326. The van der Waals surface area contributed by atoms with Crippen molar-refractivity contribution in [1.82, 2.24) is 19.9 Å². The van der Waals surface area contributed by atoms with E-state index in [9.17, 15) is 4.79 Å². The Bertz CT molecular complexity index is 620. The van der Waals surface area contributed by atoms with Crippen LogP contribution in [0.5, 0.6) is 5.88 Å². The number of methoxy groups -OCH3 is 1. The van der Waals surface area contributed by atoms with Crippen molar-refractivity contribution in [2.24, 2.45) is 0 Å². The number of anilines is 1. The zero-order valence-electron chi connectivity index (χ0n) is 11.9. The number of hydrogen-bond acceptors (Lipinski definition) is 5. The van der Waals surface area contributed by atoms with Crippen molar-refractivity contribution in [2.75, 3.05) is 12.8 Å². The second kappa shape index (κ2) is 5.77. The van der Waals surface area contributed by atoms with Crippen LogP contribution >= 0.6 is 0 Å². The van der Waals surface area contributed by atoms with Crippen LogP contribution in [0.1, 0.15) is 20.3 Å². The summed E-state index contributed by atoms with van der Waals surface area (Å²) in [5.41, 5.74) is 7.18. The first-order chi connectivity index (χ1) is 9.51. The zero-order valence-corrected chi connectivity index (χ0v) is 11.9. The Labute approximate surface area is 117 Å². The molecule has 2 aromatic rings. The molecule has 20 heavy (non-hydrogen) atoms. The molecule has 0 spiro atoms. The maximum absolute atomic E-state index is 11.7. The van der Waals surface area contributed by atoms with Gasteiger partial charge < -0.3 is 15.8 Å². The van der Waals surface area contributed by atoms with E-state index in [-0.39, 0.29) is 11.9 Å². The number of aromatic nitrogens is 3. The van der Waals surface area contributed by atoms with E-state index in [0.29, 0.717) is 36.0 Å². The number of imidazole rings is 1. The second-order valence-corrected chi connectivity index (χ2v) is 4.79. The first-order valence-electron chi connectivity index (χ1n) is 6.47. The highest BCUT2D eigenvalue weighted by atomic mass is 16.5. The molecule has 0 aliphatic rings. The van der Waals surface area contributed by atoms with Crippen LogP contribution in [0.15, 0.2) is 12.1 Å². The number of nitrogens with one attached hydrogen (secondary N) is 1. The van der Waals surface area contributed by atoms with E-state index >= 15 is 0 Å². The van der Waals surface area contributed by atoms with Crippen molar-refractivity contribution in [3.8, 4) is 5.88 Å². The molecule has 7 nitrogen and oxygen atoms in total. The minimum atomic E-state index is -0.0239. The molecule has 0 unspecified atom stereocenters. The molecule has 0 saturated heterocycles. The number of pyridine rings is 1. The Morgan fingerprint density at radius 1 is 1.45 bits per heavy atom. The molecule has 7 heteroatoms. The van der Waals surface area contributed by atoms with Gasteiger partial charge in [-0.3, -0.25) is 9.36 Å². The third-order valence-corrected chi connectivity index (χ3v) is 2.82. The Kier molecular flexibility index (Phi) is 4.07. The molecule has 0 aromatic carbocycles. The van der Waals surface area contributed by atoms with Gasteiger partial charge in [0.15, 0.2) is 5.65 Å². The molecule has 0 atom stereocenters. The maximum atomic E-state index is 11.7. The Morgan fingerprint density at radius 3 is 2.85 bits per heavy atom. The number of nitrogen functional groups attached to an aromatic ring is 1. The van der Waals surface area contributed by atoms with Crippen LogP contribution in [0, 0.1) is 0 Å². The van der Waals surface area contributed by atoms with Crippen LogP contribution < -0.4 is 15.8 Å². The number of carbonyl (C=O) groups excluding carboxylic acids is 1. The lowest BCUT2D eigenvalue weighted by molar-refractivity contribution is -0.121. The fraction of sp³-hybridized carbons (Fsp3) is 0.462. The fourth-order valence-corrected chi connectivity index (χ4v) is 1.94. The number of ether oxygens (including phenoxy) is 1. The summed E-state index contributed by atoms with van der Waals surface area (Å²) in [6.45, 7) is 4.28. The number of aryl methyl sites for hydroxylation is 1. The van der Waals surface area contributed by atoms with Crippen LogP contribution in [0.3, 0.4) is 0 Å². The monoisotopic (exact) mass is 277 g/mol. The van der Waals surface area contributed by atoms with Crippen molar-refractivity contribution in [3.05, 3.63) is 12.1 Å². The molecule has 1 amide bonds. The van der Waals surface area contributed by atoms with Crippen LogP contribution in [0.25, 0.3) is 11.2 Å². The van der Waals surface area contributed by atoms with E-state index in [0.717, 1.165) is 0 Å². The summed E-state index contributed by atoms with van der Waals surface area (Å²) in [5, 5.41) is 2.84. The fourth-order valence-electron chi connectivity index (χ4n) is 1.94. The lowest BCUT2D eigenvalue weighted by atomic mass is 10.3. The second-order valence-electron chi connectivity index (χ2n) is 4.79. The van der Waals surface area contributed by atoms with Gasteiger partial charge in [0.1, 0.15) is 5.52 Å². The van der Waals surface area contributed by atoms with Crippen LogP contribution in [0.2, 0.25) is 0 Å². The number of hydrogen-bond donors (Lipinski definition) is 2. The van der Waals surface area contributed by atoms with Crippen molar-refractivity contribution < 1.29 is 9.53 Å². The minimum absolute atomic E-state index is 0.0239. The lowest BCUT2D eigenvalue weighted by Crippen LogP contribution is -2.30. The van der Waals surface area contributed by atoms with Gasteiger partial charge in [0, 0.05) is 25.1 Å². The predicted molar refractivity (Wildman–Crippen MR) is 76.4 cm³/mol. The minimum Gasteiger partial charge on any atom is -0.481 e. The first kappa shape index (κ1) is 14.1. The largest absolute Gasteiger partial charge is 0.481 e. The smallest absolute Gasteiger partial charge is 0.221 e. The van der Waals surface area contributed by atoms with Crippen molar-refractivity contribution in [1.29, 1.82) is 0 Å². The lowest BCUT2D eigenvalue weighted by Gasteiger charge is -2.09. The Hall–Kier alpha value is -2.31. The molecule has 3 N–H and O–H groups in total. The molecule has 108 valence electrons. The number of amides is 1. The molecular weight excluding hydrogens is 258 g/mol. The third kappa shape index (κ3) is 2.98. The van der Waals surface area contributed by atoms with Gasteiger partial charge in [-0.15, -0.1) is 0 Å². The first-order valence-corrected chi connectivity index (χ1v) is 6.47. The molecule has 0 radical (unpaired) electrons. The summed E-state index contributed by atoms with van der Waals surface area (Å²) in [5.74, 6) is 0.813. The Morgan fingerprint density at radius 2 is 2.20 bits per heavy atom. The molecule has 0 saturated carbocycles. The van der Waals surface area contributed by atoms with E-state index in [1.54, 1.807) is 23.8 Å². The van der Waals surface area contributed by atoms with Gasteiger partial charge in [-0.2, -0.15) is 4.98 Å². The summed E-state index contributed by atoms with van der Waals surface area (Å²) in [7, 11) is 1.55. The van der Waals surface area contributed by atoms with E-state index in [1.165, 1.54) is 0 Å². The molecule has 2 aromatic heterocycles. The zero-order chi connectivity index (χ0) is 14.7. The normalized spacial score (nSPS) is 11.0. The van der Waals surface area contributed by atoms with Gasteiger partial charge in [0.2, 0.25) is 17.7 Å². The van der Waals surface area contributed by atoms with Gasteiger partial charge in [0.25, 0.3) is 0 Å². The number of fused-ring (bicyclic) bond motifs is 1. The van der Waals surface area contributed by atoms with Crippen LogP contribution in [-0.4, -0.2) is 33.6 Å². The summed E-state index contributed by atoms with van der Waals surface area (Å²) < 4.78 is 6.81. The standard InChI is InChI=1S/C13H19N5O2/c1-8(2)15-10(19)6-7-18-12-9(16-13(18)14)4-5-11(17-12)20-3/h4-5,8H,6-7H2,1-3H3,(H2,14,16)(H,15,19). The number of nitrogens with two attached hydrogens (primary N) is 1. The number of carbonyl (C=O) groups is 1. The van der Waals surface area contributed by atoms with Gasteiger partial charge in [-0.25, -0.2) is 4.98 Å². The quantitative estimate of drug-likeness (QED) is 0.848. The molecule has 2 rings (SSSR count). The van der Waals surface area contributed by atoms with E-state index in [1.807, 2.05) is 13.8 Å². The molecular formula is C13H19N5O2. The van der Waals surface area contributed by atoms with E-state index in [4.69, 9.17) is 10.5 Å². The molecule has 2 heterocycles. The van der Waals surface area contributed by atoms with Crippen molar-refractivity contribution in [2.45, 2.75) is 32.9 Å². The SMILES string of the molecule is COc1ccc2nc(N)n(CCC(=O)NC(C)C)c2n1. The molecule has 0 aliphatic heterocycles. The van der Waals surface area contributed by atoms with Gasteiger partial charge in [0.05, 0.1) is 7.11 Å². The highest BCUT2D eigenvalue weighted by Crippen LogP contribution is 2.19. The number of nitrogens with zero attached hydrogens (tertiary/aromatic N) is 3. The van der Waals surface area contributed by atoms with Gasteiger partial charge >= 0.3 is 0 Å².